The molecule has 0 aliphatic heterocycles. The van der Waals surface area contributed by atoms with Crippen LogP contribution in [0.4, 0.5) is 0 Å². The Morgan fingerprint density at radius 1 is 1.60 bits per heavy atom. The van der Waals surface area contributed by atoms with Crippen molar-refractivity contribution < 1.29 is 4.79 Å². The van der Waals surface area contributed by atoms with Gasteiger partial charge in [0.05, 0.1) is 6.04 Å². The number of rotatable bonds is 5. The van der Waals surface area contributed by atoms with Gasteiger partial charge < -0.3 is 10.6 Å². The monoisotopic (exact) mass is 212 g/mol. The second-order valence-corrected chi connectivity index (χ2v) is 5.10. The van der Waals surface area contributed by atoms with Crippen LogP contribution in [-0.4, -0.2) is 30.4 Å². The molecule has 0 bridgehead atoms. The van der Waals surface area contributed by atoms with Crippen molar-refractivity contribution >= 4 is 5.91 Å². The first-order valence-electron chi connectivity index (χ1n) is 5.97. The van der Waals surface area contributed by atoms with Gasteiger partial charge in [0.25, 0.3) is 0 Å². The van der Waals surface area contributed by atoms with E-state index in [1.807, 2.05) is 18.9 Å². The quantitative estimate of drug-likeness (QED) is 0.750. The Kier molecular flexibility index (Phi) is 4.14. The summed E-state index contributed by atoms with van der Waals surface area (Å²) in [7, 11) is 1.87. The number of nitrogens with zero attached hydrogens (tertiary/aromatic N) is 1. The molecule has 1 aliphatic rings. The van der Waals surface area contributed by atoms with Gasteiger partial charge >= 0.3 is 0 Å². The van der Waals surface area contributed by atoms with Crippen molar-refractivity contribution in [1.82, 2.24) is 4.90 Å². The predicted molar refractivity (Wildman–Crippen MR) is 62.3 cm³/mol. The van der Waals surface area contributed by atoms with Gasteiger partial charge in [0.1, 0.15) is 0 Å². The van der Waals surface area contributed by atoms with E-state index in [4.69, 9.17) is 5.73 Å². The van der Waals surface area contributed by atoms with Crippen molar-refractivity contribution in [3.05, 3.63) is 0 Å². The molecule has 0 aromatic heterocycles. The Labute approximate surface area is 93.0 Å². The Balaban J connectivity index is 2.37. The van der Waals surface area contributed by atoms with Crippen LogP contribution in [0.25, 0.3) is 0 Å². The van der Waals surface area contributed by atoms with E-state index in [0.717, 1.165) is 18.9 Å². The Hall–Kier alpha value is -0.570. The van der Waals surface area contributed by atoms with Crippen molar-refractivity contribution in [2.75, 3.05) is 13.6 Å². The lowest BCUT2D eigenvalue weighted by Gasteiger charge is -2.24. The first-order valence-corrected chi connectivity index (χ1v) is 5.97. The summed E-state index contributed by atoms with van der Waals surface area (Å²) >= 11 is 0. The fourth-order valence-electron chi connectivity index (χ4n) is 1.85. The molecule has 0 radical (unpaired) electrons. The Bertz CT molecular complexity index is 230. The van der Waals surface area contributed by atoms with Crippen LogP contribution in [0.15, 0.2) is 0 Å². The summed E-state index contributed by atoms with van der Waals surface area (Å²) in [6.07, 6.45) is 2.22. The average Bonchev–Trinajstić information content (AvgIpc) is 2.90. The summed E-state index contributed by atoms with van der Waals surface area (Å²) in [5, 5.41) is 0. The minimum Gasteiger partial charge on any atom is -0.344 e. The van der Waals surface area contributed by atoms with E-state index in [0.29, 0.717) is 5.92 Å². The van der Waals surface area contributed by atoms with Crippen LogP contribution in [-0.2, 0) is 4.79 Å². The number of likely N-dealkylation sites (N-methyl/N-ethyl adjacent to an activating group) is 1. The maximum atomic E-state index is 11.9. The zero-order valence-electron chi connectivity index (χ0n) is 10.4. The van der Waals surface area contributed by atoms with Gasteiger partial charge in [-0.05, 0) is 24.2 Å². The van der Waals surface area contributed by atoms with Crippen LogP contribution in [0.3, 0.4) is 0 Å². The molecule has 3 heteroatoms. The van der Waals surface area contributed by atoms with Crippen molar-refractivity contribution in [3.63, 3.8) is 0 Å². The molecule has 0 heterocycles. The van der Waals surface area contributed by atoms with Crippen LogP contribution < -0.4 is 5.73 Å². The maximum Gasteiger partial charge on any atom is 0.239 e. The fourth-order valence-corrected chi connectivity index (χ4v) is 1.85. The minimum atomic E-state index is -0.325. The van der Waals surface area contributed by atoms with Crippen LogP contribution in [0.1, 0.15) is 33.6 Å². The number of carbonyl (C=O) groups is 1. The second kappa shape index (κ2) is 4.97. The molecule has 4 unspecified atom stereocenters. The van der Waals surface area contributed by atoms with Crippen molar-refractivity contribution in [1.29, 1.82) is 0 Å². The number of amides is 1. The van der Waals surface area contributed by atoms with E-state index in [1.54, 1.807) is 0 Å². The van der Waals surface area contributed by atoms with E-state index in [9.17, 15) is 4.79 Å². The zero-order chi connectivity index (χ0) is 11.6. The van der Waals surface area contributed by atoms with Crippen LogP contribution >= 0.6 is 0 Å². The standard InChI is InChI=1S/C12H24N2O/c1-5-8(2)11(13)12(15)14(4)7-10-6-9(10)3/h8-11H,5-7,13H2,1-4H3. The predicted octanol–water partition coefficient (Wildman–Crippen LogP) is 1.47. The van der Waals surface area contributed by atoms with Gasteiger partial charge in [0, 0.05) is 13.6 Å². The molecular formula is C12H24N2O. The van der Waals surface area contributed by atoms with E-state index >= 15 is 0 Å². The molecule has 0 saturated heterocycles. The largest absolute Gasteiger partial charge is 0.344 e. The third-order valence-corrected chi connectivity index (χ3v) is 3.70. The normalized spacial score (nSPS) is 28.3. The molecule has 2 N–H and O–H groups in total. The number of hydrogen-bond acceptors (Lipinski definition) is 2. The lowest BCUT2D eigenvalue weighted by Crippen LogP contribution is -2.46. The highest BCUT2D eigenvalue weighted by Crippen LogP contribution is 2.38. The van der Waals surface area contributed by atoms with E-state index in [1.165, 1.54) is 6.42 Å². The SMILES string of the molecule is CCC(C)C(N)C(=O)N(C)CC1CC1C. The summed E-state index contributed by atoms with van der Waals surface area (Å²) in [6, 6.07) is -0.325. The first kappa shape index (κ1) is 12.5. The Morgan fingerprint density at radius 2 is 2.13 bits per heavy atom. The van der Waals surface area contributed by atoms with Gasteiger partial charge in [-0.2, -0.15) is 0 Å². The molecule has 0 aromatic rings. The highest BCUT2D eigenvalue weighted by Gasteiger charge is 2.35. The van der Waals surface area contributed by atoms with Crippen LogP contribution in [0.5, 0.6) is 0 Å². The third-order valence-electron chi connectivity index (χ3n) is 3.70. The summed E-state index contributed by atoms with van der Waals surface area (Å²) < 4.78 is 0. The van der Waals surface area contributed by atoms with Crippen molar-refractivity contribution in [2.45, 2.75) is 39.7 Å². The fraction of sp³-hybridized carbons (Fsp3) is 0.917. The maximum absolute atomic E-state index is 11.9. The molecule has 88 valence electrons. The summed E-state index contributed by atoms with van der Waals surface area (Å²) in [4.78, 5) is 13.7. The number of carbonyl (C=O) groups excluding carboxylic acids is 1. The second-order valence-electron chi connectivity index (χ2n) is 5.10. The van der Waals surface area contributed by atoms with E-state index < -0.39 is 0 Å². The lowest BCUT2D eigenvalue weighted by molar-refractivity contribution is -0.132. The van der Waals surface area contributed by atoms with Gasteiger partial charge in [-0.15, -0.1) is 0 Å². The number of hydrogen-bond donors (Lipinski definition) is 1. The molecule has 1 fully saturated rings. The molecule has 15 heavy (non-hydrogen) atoms. The molecule has 1 aliphatic carbocycles. The summed E-state index contributed by atoms with van der Waals surface area (Å²) in [6.45, 7) is 7.22. The summed E-state index contributed by atoms with van der Waals surface area (Å²) in [5.74, 6) is 1.88. The molecule has 1 rings (SSSR count). The third kappa shape index (κ3) is 3.20. The smallest absolute Gasteiger partial charge is 0.239 e. The molecule has 1 saturated carbocycles. The van der Waals surface area contributed by atoms with Crippen molar-refractivity contribution in [2.24, 2.45) is 23.5 Å². The lowest BCUT2D eigenvalue weighted by atomic mass is 9.99. The highest BCUT2D eigenvalue weighted by atomic mass is 16.2. The molecule has 4 atom stereocenters. The average molecular weight is 212 g/mol. The molecule has 0 aromatic carbocycles. The van der Waals surface area contributed by atoms with Gasteiger partial charge in [0.15, 0.2) is 0 Å². The first-order chi connectivity index (χ1) is 6.97. The van der Waals surface area contributed by atoms with Gasteiger partial charge in [-0.3, -0.25) is 4.79 Å². The van der Waals surface area contributed by atoms with Crippen molar-refractivity contribution in [3.8, 4) is 0 Å². The minimum absolute atomic E-state index is 0.100. The van der Waals surface area contributed by atoms with Crippen LogP contribution in [0, 0.1) is 17.8 Å². The summed E-state index contributed by atoms with van der Waals surface area (Å²) in [5.41, 5.74) is 5.91. The molecule has 0 spiro atoms. The molecule has 1 amide bonds. The van der Waals surface area contributed by atoms with E-state index in [-0.39, 0.29) is 17.9 Å². The van der Waals surface area contributed by atoms with Crippen LogP contribution in [0.2, 0.25) is 0 Å². The highest BCUT2D eigenvalue weighted by molar-refractivity contribution is 5.81. The Morgan fingerprint density at radius 3 is 2.53 bits per heavy atom. The van der Waals surface area contributed by atoms with E-state index in [2.05, 4.69) is 13.8 Å². The number of nitrogens with two attached hydrogens (primary N) is 1. The van der Waals surface area contributed by atoms with Gasteiger partial charge in [0.2, 0.25) is 5.91 Å². The topological polar surface area (TPSA) is 46.3 Å². The van der Waals surface area contributed by atoms with Gasteiger partial charge in [-0.1, -0.05) is 27.2 Å². The zero-order valence-corrected chi connectivity index (χ0v) is 10.4. The molecular weight excluding hydrogens is 188 g/mol. The molecule has 3 nitrogen and oxygen atoms in total. The van der Waals surface area contributed by atoms with Gasteiger partial charge in [-0.25, -0.2) is 0 Å².